The quantitative estimate of drug-likeness (QED) is 0.819. The standard InChI is InChI=1S/C7H4ClIN2OS/c8-3-1-2-13-6(3)5-4(9)7(10)11-12-5/h1-2H,(H2,10,11). The van der Waals surface area contributed by atoms with Crippen LogP contribution in [0.4, 0.5) is 5.82 Å². The molecule has 0 aliphatic heterocycles. The molecule has 0 aromatic carbocycles. The topological polar surface area (TPSA) is 52.0 Å². The molecule has 0 saturated carbocycles. The summed E-state index contributed by atoms with van der Waals surface area (Å²) >= 11 is 9.52. The van der Waals surface area contributed by atoms with Gasteiger partial charge < -0.3 is 10.3 Å². The van der Waals surface area contributed by atoms with Crippen LogP contribution in [0.1, 0.15) is 0 Å². The number of thiophene rings is 1. The molecule has 68 valence electrons. The maximum atomic E-state index is 5.93. The molecule has 0 bridgehead atoms. The highest BCUT2D eigenvalue weighted by Gasteiger charge is 2.16. The van der Waals surface area contributed by atoms with Crippen molar-refractivity contribution >= 4 is 51.3 Å². The Balaban J connectivity index is 2.59. The molecule has 3 nitrogen and oxygen atoms in total. The van der Waals surface area contributed by atoms with E-state index in [2.05, 4.69) is 27.7 Å². The van der Waals surface area contributed by atoms with Crippen molar-refractivity contribution in [1.82, 2.24) is 5.16 Å². The lowest BCUT2D eigenvalue weighted by atomic mass is 10.3. The molecule has 0 aliphatic carbocycles. The monoisotopic (exact) mass is 326 g/mol. The van der Waals surface area contributed by atoms with Gasteiger partial charge in [-0.25, -0.2) is 0 Å². The molecule has 0 spiro atoms. The van der Waals surface area contributed by atoms with Crippen LogP contribution in [0, 0.1) is 3.57 Å². The van der Waals surface area contributed by atoms with Crippen LogP contribution < -0.4 is 5.73 Å². The molecular weight excluding hydrogens is 323 g/mol. The number of aromatic nitrogens is 1. The summed E-state index contributed by atoms with van der Waals surface area (Å²) in [5.74, 6) is 1.05. The van der Waals surface area contributed by atoms with Gasteiger partial charge in [0.25, 0.3) is 0 Å². The van der Waals surface area contributed by atoms with Crippen molar-refractivity contribution in [3.8, 4) is 10.6 Å². The van der Waals surface area contributed by atoms with E-state index in [1.807, 2.05) is 11.4 Å². The van der Waals surface area contributed by atoms with E-state index in [1.165, 1.54) is 11.3 Å². The van der Waals surface area contributed by atoms with Crippen LogP contribution >= 0.6 is 45.5 Å². The zero-order chi connectivity index (χ0) is 9.42. The van der Waals surface area contributed by atoms with E-state index < -0.39 is 0 Å². The van der Waals surface area contributed by atoms with Gasteiger partial charge in [0.1, 0.15) is 3.57 Å². The van der Waals surface area contributed by atoms with E-state index in [1.54, 1.807) is 0 Å². The van der Waals surface area contributed by atoms with Crippen LogP contribution in [0.15, 0.2) is 16.0 Å². The SMILES string of the molecule is Nc1noc(-c2sccc2Cl)c1I. The average molecular weight is 327 g/mol. The second kappa shape index (κ2) is 3.47. The first kappa shape index (κ1) is 9.29. The molecule has 0 amide bonds. The smallest absolute Gasteiger partial charge is 0.193 e. The van der Waals surface area contributed by atoms with Gasteiger partial charge in [-0.2, -0.15) is 0 Å². The predicted octanol–water partition coefficient (Wildman–Crippen LogP) is 3.24. The van der Waals surface area contributed by atoms with Crippen molar-refractivity contribution in [1.29, 1.82) is 0 Å². The number of nitrogens with zero attached hydrogens (tertiary/aromatic N) is 1. The van der Waals surface area contributed by atoms with Crippen LogP contribution in [-0.2, 0) is 0 Å². The number of hydrogen-bond donors (Lipinski definition) is 1. The van der Waals surface area contributed by atoms with Crippen molar-refractivity contribution in [2.24, 2.45) is 0 Å². The molecule has 0 fully saturated rings. The van der Waals surface area contributed by atoms with Gasteiger partial charge in [0.2, 0.25) is 0 Å². The Morgan fingerprint density at radius 2 is 2.38 bits per heavy atom. The fourth-order valence-electron chi connectivity index (χ4n) is 0.888. The van der Waals surface area contributed by atoms with Gasteiger partial charge in [0, 0.05) is 0 Å². The Morgan fingerprint density at radius 1 is 1.62 bits per heavy atom. The number of nitrogens with two attached hydrogens (primary N) is 1. The zero-order valence-electron chi connectivity index (χ0n) is 6.25. The zero-order valence-corrected chi connectivity index (χ0v) is 9.98. The Hall–Kier alpha value is -0.270. The first-order valence-electron chi connectivity index (χ1n) is 3.34. The highest BCUT2D eigenvalue weighted by atomic mass is 127. The molecule has 2 aromatic rings. The van der Waals surface area contributed by atoms with Crippen molar-refractivity contribution in [3.63, 3.8) is 0 Å². The second-order valence-corrected chi connectivity index (χ2v) is 4.71. The van der Waals surface area contributed by atoms with Gasteiger partial charge >= 0.3 is 0 Å². The van der Waals surface area contributed by atoms with Crippen molar-refractivity contribution in [3.05, 3.63) is 20.0 Å². The van der Waals surface area contributed by atoms with Crippen LogP contribution in [-0.4, -0.2) is 5.16 Å². The molecule has 6 heteroatoms. The highest BCUT2D eigenvalue weighted by molar-refractivity contribution is 14.1. The highest BCUT2D eigenvalue weighted by Crippen LogP contribution is 2.37. The Labute approximate surface area is 97.0 Å². The molecule has 2 heterocycles. The summed E-state index contributed by atoms with van der Waals surface area (Å²) in [6.07, 6.45) is 0. The lowest BCUT2D eigenvalue weighted by Gasteiger charge is -1.91. The molecule has 2 N–H and O–H groups in total. The van der Waals surface area contributed by atoms with Crippen LogP contribution in [0.3, 0.4) is 0 Å². The first-order valence-corrected chi connectivity index (χ1v) is 5.68. The van der Waals surface area contributed by atoms with E-state index in [4.69, 9.17) is 21.9 Å². The summed E-state index contributed by atoms with van der Waals surface area (Å²) in [4.78, 5) is 0.871. The van der Waals surface area contributed by atoms with E-state index in [-0.39, 0.29) is 0 Å². The Bertz CT molecular complexity index is 439. The number of hydrogen-bond acceptors (Lipinski definition) is 4. The van der Waals surface area contributed by atoms with Gasteiger partial charge in [-0.05, 0) is 34.0 Å². The summed E-state index contributed by atoms with van der Waals surface area (Å²) in [6, 6.07) is 1.82. The lowest BCUT2D eigenvalue weighted by molar-refractivity contribution is 0.436. The van der Waals surface area contributed by atoms with Gasteiger partial charge in [0.15, 0.2) is 11.6 Å². The third kappa shape index (κ3) is 1.55. The number of nitrogen functional groups attached to an aromatic ring is 1. The third-order valence-corrected chi connectivity index (χ3v) is 3.87. The normalized spacial score (nSPS) is 10.6. The fraction of sp³-hybridized carbons (Fsp3) is 0. The Morgan fingerprint density at radius 3 is 2.85 bits per heavy atom. The number of anilines is 1. The summed E-state index contributed by atoms with van der Waals surface area (Å²) in [5.41, 5.74) is 5.55. The average Bonchev–Trinajstić information content (AvgIpc) is 2.62. The fourth-order valence-corrected chi connectivity index (χ4v) is 2.66. The molecule has 0 saturated heterocycles. The summed E-state index contributed by atoms with van der Waals surface area (Å²) < 4.78 is 5.87. The van der Waals surface area contributed by atoms with Crippen LogP contribution in [0.5, 0.6) is 0 Å². The molecule has 0 atom stereocenters. The third-order valence-electron chi connectivity index (χ3n) is 1.48. The number of rotatable bonds is 1. The van der Waals surface area contributed by atoms with Gasteiger partial charge in [-0.15, -0.1) is 11.3 Å². The van der Waals surface area contributed by atoms with Crippen LogP contribution in [0.25, 0.3) is 10.6 Å². The maximum absolute atomic E-state index is 5.93. The van der Waals surface area contributed by atoms with Gasteiger partial charge in [0.05, 0.1) is 9.90 Å². The van der Waals surface area contributed by atoms with Crippen LogP contribution in [0.2, 0.25) is 5.02 Å². The van der Waals surface area contributed by atoms with E-state index >= 15 is 0 Å². The van der Waals surface area contributed by atoms with Gasteiger partial charge in [-0.3, -0.25) is 0 Å². The van der Waals surface area contributed by atoms with E-state index in [0.29, 0.717) is 16.6 Å². The van der Waals surface area contributed by atoms with Crippen molar-refractivity contribution in [2.75, 3.05) is 5.73 Å². The van der Waals surface area contributed by atoms with Gasteiger partial charge in [-0.1, -0.05) is 16.8 Å². The Kier molecular flexibility index (Phi) is 2.48. The molecule has 2 aromatic heterocycles. The first-order chi connectivity index (χ1) is 6.20. The predicted molar refractivity (Wildman–Crippen MR) is 62.0 cm³/mol. The van der Waals surface area contributed by atoms with Crippen molar-refractivity contribution in [2.45, 2.75) is 0 Å². The summed E-state index contributed by atoms with van der Waals surface area (Å²) in [6.45, 7) is 0. The molecule has 13 heavy (non-hydrogen) atoms. The summed E-state index contributed by atoms with van der Waals surface area (Å²) in [5, 5.41) is 6.22. The molecule has 0 radical (unpaired) electrons. The summed E-state index contributed by atoms with van der Waals surface area (Å²) in [7, 11) is 0. The molecular formula is C7H4ClIN2OS. The minimum atomic E-state index is 0.403. The minimum Gasteiger partial charge on any atom is -0.380 e. The largest absolute Gasteiger partial charge is 0.380 e. The second-order valence-electron chi connectivity index (χ2n) is 2.31. The molecule has 0 unspecified atom stereocenters. The maximum Gasteiger partial charge on any atom is 0.193 e. The molecule has 2 rings (SSSR count). The van der Waals surface area contributed by atoms with E-state index in [9.17, 15) is 0 Å². The molecule has 0 aliphatic rings. The van der Waals surface area contributed by atoms with E-state index in [0.717, 1.165) is 8.45 Å². The van der Waals surface area contributed by atoms with Crippen molar-refractivity contribution < 1.29 is 4.52 Å². The lowest BCUT2D eigenvalue weighted by Crippen LogP contribution is -1.85. The minimum absolute atomic E-state index is 0.403. The number of halogens is 2.